The molecule has 2 N–H and O–H groups in total. The summed E-state index contributed by atoms with van der Waals surface area (Å²) in [4.78, 5) is 37.7. The Morgan fingerprint density at radius 1 is 0.461 bits per heavy atom. The topological polar surface area (TPSA) is 111 Å². The molecular weight excluding hydrogens is 964 g/mol. The summed E-state index contributed by atoms with van der Waals surface area (Å²) in [6.45, 7) is 7.01. The minimum atomic E-state index is -4.44. The van der Waals surface area contributed by atoms with Gasteiger partial charge in [-0.05, 0) is 70.3 Å². The smallest absolute Gasteiger partial charge is 0.456 e. The number of hydrogen-bond donors (Lipinski definition) is 2. The molecule has 0 aromatic rings. The fourth-order valence-corrected chi connectivity index (χ4v) is 10.2. The van der Waals surface area contributed by atoms with E-state index in [4.69, 9.17) is 13.8 Å². The molecular formula is C66H126N2O7P+. The van der Waals surface area contributed by atoms with Crippen molar-refractivity contribution in [2.75, 3.05) is 40.9 Å². The van der Waals surface area contributed by atoms with Crippen molar-refractivity contribution in [1.29, 1.82) is 0 Å². The normalized spacial score (nSPS) is 13.9. The fourth-order valence-electron chi connectivity index (χ4n) is 9.48. The summed E-state index contributed by atoms with van der Waals surface area (Å²) >= 11 is 0. The predicted molar refractivity (Wildman–Crippen MR) is 328 cm³/mol. The average molecular weight is 1090 g/mol. The zero-order valence-electron chi connectivity index (χ0n) is 51.0. The van der Waals surface area contributed by atoms with Crippen LogP contribution in [-0.2, 0) is 27.9 Å². The van der Waals surface area contributed by atoms with Crippen LogP contribution in [0.4, 0.5) is 0 Å². The number of rotatable bonds is 59. The van der Waals surface area contributed by atoms with E-state index in [1.54, 1.807) is 0 Å². The highest BCUT2D eigenvalue weighted by molar-refractivity contribution is 7.47. The van der Waals surface area contributed by atoms with Gasteiger partial charge in [0.05, 0.1) is 33.8 Å². The Balaban J connectivity index is 5.08. The summed E-state index contributed by atoms with van der Waals surface area (Å²) < 4.78 is 30.7. The number of phosphoric ester groups is 1. The van der Waals surface area contributed by atoms with E-state index in [-0.39, 0.29) is 25.1 Å². The predicted octanol–water partition coefficient (Wildman–Crippen LogP) is 20.1. The van der Waals surface area contributed by atoms with Gasteiger partial charge < -0.3 is 19.4 Å². The van der Waals surface area contributed by atoms with Crippen molar-refractivity contribution in [3.63, 3.8) is 0 Å². The molecule has 3 unspecified atom stereocenters. The van der Waals surface area contributed by atoms with Gasteiger partial charge in [-0.3, -0.25) is 18.6 Å². The molecule has 76 heavy (non-hydrogen) atoms. The van der Waals surface area contributed by atoms with Gasteiger partial charge in [-0.15, -0.1) is 0 Å². The van der Waals surface area contributed by atoms with Crippen molar-refractivity contribution in [2.24, 2.45) is 0 Å². The monoisotopic (exact) mass is 1090 g/mol. The number of amides is 1. The Kier molecular flexibility index (Phi) is 54.7. The molecule has 9 nitrogen and oxygen atoms in total. The van der Waals surface area contributed by atoms with Crippen molar-refractivity contribution in [1.82, 2.24) is 5.32 Å². The summed E-state index contributed by atoms with van der Waals surface area (Å²) in [6.07, 6.45) is 69.7. The van der Waals surface area contributed by atoms with Gasteiger partial charge in [0, 0.05) is 12.8 Å². The standard InChI is InChI=1S/C66H125N2O7P/c1-7-10-13-16-19-22-25-28-29-30-31-32-33-34-35-36-37-38-39-41-44-47-50-53-56-59-66(70)75-64(57-54-51-48-45-42-27-24-21-18-15-12-9-3)63(62-74-76(71,72)73-61-60-68(4,5)6)67-65(69)58-55-52-49-46-43-40-26-23-20-17-14-11-8-2/h19,22,28-29,31-32,54,57,63-64H,7-18,20-21,23-27,30,33-53,55-56,58-62H2,1-6H3,(H-,67,69,71,72)/p+1/b22-19-,29-28-,32-31-,57-54-. The number of unbranched alkanes of at least 4 members (excludes halogenated alkanes) is 37. The van der Waals surface area contributed by atoms with Crippen LogP contribution in [0.3, 0.4) is 0 Å². The van der Waals surface area contributed by atoms with Crippen LogP contribution in [-0.4, -0.2) is 74.3 Å². The molecule has 0 bridgehead atoms. The fraction of sp³-hybridized carbons (Fsp3) is 0.848. The zero-order chi connectivity index (χ0) is 55.7. The molecule has 0 heterocycles. The third-order valence-corrected chi connectivity index (χ3v) is 15.5. The number of hydrogen-bond acceptors (Lipinski definition) is 6. The number of likely N-dealkylation sites (N-methyl/N-ethyl adjacent to an activating group) is 1. The Morgan fingerprint density at radius 2 is 0.803 bits per heavy atom. The maximum Gasteiger partial charge on any atom is 0.472 e. The highest BCUT2D eigenvalue weighted by atomic mass is 31.2. The highest BCUT2D eigenvalue weighted by Gasteiger charge is 2.30. The second kappa shape index (κ2) is 56.3. The molecule has 0 radical (unpaired) electrons. The minimum Gasteiger partial charge on any atom is -0.456 e. The summed E-state index contributed by atoms with van der Waals surface area (Å²) in [5.41, 5.74) is 0. The number of carbonyl (C=O) groups excluding carboxylic acids is 2. The number of nitrogens with zero attached hydrogens (tertiary/aromatic N) is 1. The van der Waals surface area contributed by atoms with Gasteiger partial charge in [-0.2, -0.15) is 0 Å². The quantitative estimate of drug-likeness (QED) is 0.0205. The molecule has 3 atom stereocenters. The summed E-state index contributed by atoms with van der Waals surface area (Å²) in [6, 6.07) is -0.845. The van der Waals surface area contributed by atoms with E-state index >= 15 is 0 Å². The first-order valence-corrected chi connectivity index (χ1v) is 34.0. The third-order valence-electron chi connectivity index (χ3n) is 14.5. The summed E-state index contributed by atoms with van der Waals surface area (Å²) in [7, 11) is 1.50. The van der Waals surface area contributed by atoms with E-state index in [9.17, 15) is 19.0 Å². The van der Waals surface area contributed by atoms with Crippen LogP contribution in [0.1, 0.15) is 310 Å². The zero-order valence-corrected chi connectivity index (χ0v) is 51.9. The van der Waals surface area contributed by atoms with Crippen LogP contribution in [0.2, 0.25) is 0 Å². The van der Waals surface area contributed by atoms with Gasteiger partial charge in [0.2, 0.25) is 5.91 Å². The SMILES string of the molecule is CCCCC/C=C\C/C=C\C/C=C\CCCCCCCCCCCCCCC(=O)OC(/C=C\CCCCCCCCCCCC)C(COP(=O)(O)OCC[N+](C)(C)C)NC(=O)CCCCCCCCCCCCCCC. The number of allylic oxidation sites excluding steroid dienone is 7. The third kappa shape index (κ3) is 56.7. The minimum absolute atomic E-state index is 0.0417. The van der Waals surface area contributed by atoms with E-state index < -0.39 is 20.0 Å². The van der Waals surface area contributed by atoms with Crippen LogP contribution >= 0.6 is 7.82 Å². The molecule has 0 aliphatic rings. The number of esters is 1. The lowest BCUT2D eigenvalue weighted by Crippen LogP contribution is -2.47. The first kappa shape index (κ1) is 74.0. The molecule has 0 aliphatic carbocycles. The first-order valence-electron chi connectivity index (χ1n) is 32.5. The molecule has 0 saturated carbocycles. The molecule has 0 aliphatic heterocycles. The Labute approximate surface area is 471 Å². The molecule has 446 valence electrons. The maximum atomic E-state index is 13.5. The van der Waals surface area contributed by atoms with Crippen molar-refractivity contribution in [3.05, 3.63) is 48.6 Å². The lowest BCUT2D eigenvalue weighted by Gasteiger charge is -2.27. The number of ether oxygens (including phenoxy) is 1. The van der Waals surface area contributed by atoms with Gasteiger partial charge >= 0.3 is 13.8 Å². The van der Waals surface area contributed by atoms with Crippen molar-refractivity contribution < 1.29 is 37.3 Å². The number of nitrogens with one attached hydrogen (secondary N) is 1. The number of phosphoric acid groups is 1. The van der Waals surface area contributed by atoms with Gasteiger partial charge in [0.1, 0.15) is 19.3 Å². The van der Waals surface area contributed by atoms with Crippen molar-refractivity contribution in [2.45, 2.75) is 322 Å². The van der Waals surface area contributed by atoms with E-state index in [2.05, 4.69) is 62.5 Å². The van der Waals surface area contributed by atoms with Gasteiger partial charge in [-0.1, -0.05) is 275 Å². The van der Waals surface area contributed by atoms with Crippen LogP contribution < -0.4 is 5.32 Å². The van der Waals surface area contributed by atoms with E-state index in [1.807, 2.05) is 33.3 Å². The molecule has 0 aromatic carbocycles. The summed E-state index contributed by atoms with van der Waals surface area (Å²) in [5.74, 6) is -0.495. The highest BCUT2D eigenvalue weighted by Crippen LogP contribution is 2.43. The number of quaternary nitrogens is 1. The lowest BCUT2D eigenvalue weighted by atomic mass is 10.0. The van der Waals surface area contributed by atoms with Gasteiger partial charge in [-0.25, -0.2) is 4.57 Å². The molecule has 0 rings (SSSR count). The molecule has 0 fully saturated rings. The number of carbonyl (C=O) groups is 2. The Hall–Kier alpha value is -2.03. The molecule has 0 spiro atoms. The molecule has 1 amide bonds. The van der Waals surface area contributed by atoms with E-state index in [1.165, 1.54) is 205 Å². The van der Waals surface area contributed by atoms with Crippen LogP contribution in [0, 0.1) is 0 Å². The summed E-state index contributed by atoms with van der Waals surface area (Å²) in [5, 5.41) is 3.06. The van der Waals surface area contributed by atoms with Crippen LogP contribution in [0.15, 0.2) is 48.6 Å². The maximum absolute atomic E-state index is 13.5. The molecule has 0 saturated heterocycles. The van der Waals surface area contributed by atoms with E-state index in [0.717, 1.165) is 70.6 Å². The van der Waals surface area contributed by atoms with Crippen molar-refractivity contribution >= 4 is 19.7 Å². The molecule has 10 heteroatoms. The Bertz CT molecular complexity index is 1440. The largest absolute Gasteiger partial charge is 0.472 e. The lowest BCUT2D eigenvalue weighted by molar-refractivity contribution is -0.870. The van der Waals surface area contributed by atoms with E-state index in [0.29, 0.717) is 23.9 Å². The van der Waals surface area contributed by atoms with Gasteiger partial charge in [0.25, 0.3) is 0 Å². The second-order valence-corrected chi connectivity index (χ2v) is 24.7. The van der Waals surface area contributed by atoms with Crippen LogP contribution in [0.25, 0.3) is 0 Å². The van der Waals surface area contributed by atoms with Gasteiger partial charge in [0.15, 0.2) is 0 Å². The van der Waals surface area contributed by atoms with Crippen LogP contribution in [0.5, 0.6) is 0 Å². The first-order chi connectivity index (χ1) is 36.9. The molecule has 0 aromatic heterocycles. The second-order valence-electron chi connectivity index (χ2n) is 23.3. The Morgan fingerprint density at radius 3 is 1.22 bits per heavy atom. The average Bonchev–Trinajstić information content (AvgIpc) is 3.38. The van der Waals surface area contributed by atoms with Crippen molar-refractivity contribution in [3.8, 4) is 0 Å².